The first-order valence-corrected chi connectivity index (χ1v) is 11.1. The van der Waals surface area contributed by atoms with Crippen molar-refractivity contribution in [3.63, 3.8) is 0 Å². The molecule has 1 fully saturated rings. The van der Waals surface area contributed by atoms with Crippen molar-refractivity contribution in [3.05, 3.63) is 48.7 Å². The molecule has 3 N–H and O–H groups in total. The van der Waals surface area contributed by atoms with Gasteiger partial charge in [0, 0.05) is 49.7 Å². The number of nitrogens with zero attached hydrogens (tertiary/aromatic N) is 6. The number of carbonyl (C=O) groups is 2. The summed E-state index contributed by atoms with van der Waals surface area (Å²) < 4.78 is 0. The fourth-order valence-electron chi connectivity index (χ4n) is 3.94. The molecule has 0 spiro atoms. The number of aromatic nitrogens is 7. The number of pyridine rings is 3. The van der Waals surface area contributed by atoms with Crippen LogP contribution in [0.25, 0.3) is 44.7 Å². The first kappa shape index (κ1) is 20.9. The van der Waals surface area contributed by atoms with E-state index in [0.29, 0.717) is 39.4 Å². The summed E-state index contributed by atoms with van der Waals surface area (Å²) >= 11 is 0. The van der Waals surface area contributed by atoms with Gasteiger partial charge in [0.05, 0.1) is 34.5 Å². The van der Waals surface area contributed by atoms with Gasteiger partial charge in [-0.15, -0.1) is 0 Å². The van der Waals surface area contributed by atoms with Crippen LogP contribution >= 0.6 is 0 Å². The van der Waals surface area contributed by atoms with E-state index in [9.17, 15) is 9.59 Å². The van der Waals surface area contributed by atoms with E-state index in [1.165, 1.54) is 11.1 Å². The lowest BCUT2D eigenvalue weighted by Gasteiger charge is -2.09. The van der Waals surface area contributed by atoms with E-state index < -0.39 is 0 Å². The predicted molar refractivity (Wildman–Crippen MR) is 129 cm³/mol. The minimum absolute atomic E-state index is 0.0288. The van der Waals surface area contributed by atoms with Gasteiger partial charge in [-0.05, 0) is 25.0 Å². The SMILES string of the molecule is CN(C)C(=O)c1cncc2[nH]c(-c3n[nH]c4ncc(-c5cncc(NC(=O)C6CC6)c5)cc34)nc12. The van der Waals surface area contributed by atoms with Gasteiger partial charge in [0.2, 0.25) is 5.91 Å². The highest BCUT2D eigenvalue weighted by Gasteiger charge is 2.29. The molecule has 0 aliphatic heterocycles. The fraction of sp³-hybridized carbons (Fsp3) is 0.208. The third kappa shape index (κ3) is 3.76. The van der Waals surface area contributed by atoms with Crippen molar-refractivity contribution < 1.29 is 9.59 Å². The lowest BCUT2D eigenvalue weighted by molar-refractivity contribution is -0.117. The van der Waals surface area contributed by atoms with Crippen LogP contribution in [0.2, 0.25) is 0 Å². The number of amides is 2. The van der Waals surface area contributed by atoms with Crippen molar-refractivity contribution >= 4 is 39.6 Å². The Morgan fingerprint density at radius 1 is 1.03 bits per heavy atom. The molecule has 0 bridgehead atoms. The smallest absolute Gasteiger partial charge is 0.257 e. The Labute approximate surface area is 199 Å². The van der Waals surface area contributed by atoms with Gasteiger partial charge >= 0.3 is 0 Å². The second kappa shape index (κ2) is 7.97. The van der Waals surface area contributed by atoms with E-state index >= 15 is 0 Å². The van der Waals surface area contributed by atoms with Crippen LogP contribution in [-0.2, 0) is 4.79 Å². The molecule has 11 heteroatoms. The summed E-state index contributed by atoms with van der Waals surface area (Å²) in [6.07, 6.45) is 10.1. The molecule has 6 rings (SSSR count). The maximum atomic E-state index is 12.6. The van der Waals surface area contributed by atoms with Crippen LogP contribution in [0.15, 0.2) is 43.1 Å². The highest BCUT2D eigenvalue weighted by Crippen LogP contribution is 2.32. The molecule has 1 aliphatic rings. The molecule has 0 atom stereocenters. The molecule has 0 radical (unpaired) electrons. The number of anilines is 1. The van der Waals surface area contributed by atoms with E-state index in [4.69, 9.17) is 0 Å². The summed E-state index contributed by atoms with van der Waals surface area (Å²) in [5.74, 6) is 0.451. The number of H-pyrrole nitrogens is 2. The maximum Gasteiger partial charge on any atom is 0.257 e. The lowest BCUT2D eigenvalue weighted by atomic mass is 10.1. The average molecular weight is 467 g/mol. The quantitative estimate of drug-likeness (QED) is 0.360. The molecule has 0 saturated heterocycles. The standard InChI is InChI=1S/C24H21N9O2/c1-33(2)24(35)17-10-26-11-18-19(17)30-22(29-18)20-16-6-14(8-27-21(16)32-31-20)13-5-15(9-25-7-13)28-23(34)12-3-4-12/h5-12H,3-4H2,1-2H3,(H,28,34)(H,29,30)(H,27,31,32). The third-order valence-electron chi connectivity index (χ3n) is 5.96. The Morgan fingerprint density at radius 3 is 2.63 bits per heavy atom. The summed E-state index contributed by atoms with van der Waals surface area (Å²) in [6, 6.07) is 3.82. The summed E-state index contributed by atoms with van der Waals surface area (Å²) in [5, 5.41) is 11.0. The number of aromatic amines is 2. The number of rotatable bonds is 5. The third-order valence-corrected chi connectivity index (χ3v) is 5.96. The van der Waals surface area contributed by atoms with Gasteiger partial charge in [-0.1, -0.05) is 0 Å². The van der Waals surface area contributed by atoms with Crippen LogP contribution < -0.4 is 5.32 Å². The normalized spacial score (nSPS) is 13.3. The van der Waals surface area contributed by atoms with Crippen molar-refractivity contribution in [2.75, 3.05) is 19.4 Å². The number of imidazole rings is 1. The van der Waals surface area contributed by atoms with Crippen molar-refractivity contribution in [2.45, 2.75) is 12.8 Å². The van der Waals surface area contributed by atoms with Crippen molar-refractivity contribution in [2.24, 2.45) is 5.92 Å². The Hall–Kier alpha value is -4.67. The van der Waals surface area contributed by atoms with E-state index in [1.54, 1.807) is 38.9 Å². The summed E-state index contributed by atoms with van der Waals surface area (Å²) in [5.41, 5.74) is 5.01. The monoisotopic (exact) mass is 467 g/mol. The first-order chi connectivity index (χ1) is 17.0. The van der Waals surface area contributed by atoms with Crippen LogP contribution in [-0.4, -0.2) is 65.9 Å². The summed E-state index contributed by atoms with van der Waals surface area (Å²) in [6.45, 7) is 0. The van der Waals surface area contributed by atoms with Gasteiger partial charge in [0.1, 0.15) is 11.2 Å². The number of hydrogen-bond donors (Lipinski definition) is 3. The molecule has 5 aromatic heterocycles. The highest BCUT2D eigenvalue weighted by molar-refractivity contribution is 6.05. The van der Waals surface area contributed by atoms with Crippen molar-refractivity contribution in [3.8, 4) is 22.6 Å². The molecule has 1 aliphatic carbocycles. The molecular formula is C24H21N9O2. The van der Waals surface area contributed by atoms with Gasteiger partial charge in [-0.3, -0.25) is 24.7 Å². The Kier molecular flexibility index (Phi) is 4.76. The van der Waals surface area contributed by atoms with Crippen LogP contribution in [0.3, 0.4) is 0 Å². The molecule has 174 valence electrons. The zero-order valence-corrected chi connectivity index (χ0v) is 19.0. The Morgan fingerprint density at radius 2 is 1.83 bits per heavy atom. The van der Waals surface area contributed by atoms with Gasteiger partial charge < -0.3 is 15.2 Å². The molecular weight excluding hydrogens is 446 g/mol. The van der Waals surface area contributed by atoms with Crippen molar-refractivity contribution in [1.82, 2.24) is 40.0 Å². The molecule has 5 heterocycles. The topological polar surface area (TPSA) is 145 Å². The zero-order valence-electron chi connectivity index (χ0n) is 19.0. The summed E-state index contributed by atoms with van der Waals surface area (Å²) in [4.78, 5) is 47.0. The molecule has 11 nitrogen and oxygen atoms in total. The average Bonchev–Trinajstić information content (AvgIpc) is 3.49. The highest BCUT2D eigenvalue weighted by atomic mass is 16.2. The van der Waals surface area contributed by atoms with Gasteiger partial charge in [0.15, 0.2) is 11.5 Å². The second-order valence-electron chi connectivity index (χ2n) is 8.79. The Bertz CT molecular complexity index is 1610. The zero-order chi connectivity index (χ0) is 24.1. The number of nitrogens with one attached hydrogen (secondary N) is 3. The second-order valence-corrected chi connectivity index (χ2v) is 8.79. The van der Waals surface area contributed by atoms with E-state index in [2.05, 4.69) is 40.4 Å². The van der Waals surface area contributed by atoms with E-state index in [0.717, 1.165) is 29.4 Å². The van der Waals surface area contributed by atoms with Crippen LogP contribution in [0.5, 0.6) is 0 Å². The van der Waals surface area contributed by atoms with Crippen molar-refractivity contribution in [1.29, 1.82) is 0 Å². The maximum absolute atomic E-state index is 12.6. The van der Waals surface area contributed by atoms with Gasteiger partial charge in [-0.2, -0.15) is 5.10 Å². The van der Waals surface area contributed by atoms with Crippen LogP contribution in [0, 0.1) is 5.92 Å². The number of hydrogen-bond acceptors (Lipinski definition) is 7. The minimum atomic E-state index is -0.182. The largest absolute Gasteiger partial charge is 0.345 e. The molecule has 35 heavy (non-hydrogen) atoms. The molecule has 0 unspecified atom stereocenters. The molecule has 5 aromatic rings. The van der Waals surface area contributed by atoms with E-state index in [-0.39, 0.29) is 17.7 Å². The minimum Gasteiger partial charge on any atom is -0.345 e. The molecule has 2 amide bonds. The Balaban J connectivity index is 1.39. The van der Waals surface area contributed by atoms with Crippen LogP contribution in [0.4, 0.5) is 5.69 Å². The van der Waals surface area contributed by atoms with Gasteiger partial charge in [-0.25, -0.2) is 9.97 Å². The molecule has 0 aromatic carbocycles. The van der Waals surface area contributed by atoms with E-state index in [1.807, 2.05) is 12.1 Å². The van der Waals surface area contributed by atoms with Gasteiger partial charge in [0.25, 0.3) is 5.91 Å². The number of fused-ring (bicyclic) bond motifs is 2. The molecule has 1 saturated carbocycles. The number of carbonyl (C=O) groups excluding carboxylic acids is 2. The summed E-state index contributed by atoms with van der Waals surface area (Å²) in [7, 11) is 3.37. The fourth-order valence-corrected chi connectivity index (χ4v) is 3.94. The lowest BCUT2D eigenvalue weighted by Crippen LogP contribution is -2.22. The van der Waals surface area contributed by atoms with Crippen LogP contribution in [0.1, 0.15) is 23.2 Å². The predicted octanol–water partition coefficient (Wildman–Crippen LogP) is 3.01. The first-order valence-electron chi connectivity index (χ1n) is 11.1.